The zero-order valence-corrected chi connectivity index (χ0v) is 21.7. The molecule has 0 saturated heterocycles. The normalized spacial score (nSPS) is 10.8. The lowest BCUT2D eigenvalue weighted by Crippen LogP contribution is -2.21. The fourth-order valence-electron chi connectivity index (χ4n) is 3.70. The van der Waals surface area contributed by atoms with Gasteiger partial charge in [-0.05, 0) is 12.1 Å². The van der Waals surface area contributed by atoms with Crippen molar-refractivity contribution in [3.63, 3.8) is 0 Å². The molecule has 0 spiro atoms. The first-order valence-electron chi connectivity index (χ1n) is 10.7. The Kier molecular flexibility index (Phi) is 8.27. The van der Waals surface area contributed by atoms with E-state index in [0.717, 1.165) is 0 Å². The number of carbonyl (C=O) groups excluding carboxylic acids is 2. The van der Waals surface area contributed by atoms with E-state index in [1.54, 1.807) is 18.2 Å². The lowest BCUT2D eigenvalue weighted by Gasteiger charge is -2.21. The Labute approximate surface area is 209 Å². The van der Waals surface area contributed by atoms with Gasteiger partial charge in [0.15, 0.2) is 23.0 Å². The third-order valence-corrected chi connectivity index (χ3v) is 8.22. The number of hydrogen-bond donors (Lipinski definition) is 0. The Morgan fingerprint density at radius 3 is 1.19 bits per heavy atom. The molecule has 190 valence electrons. The van der Waals surface area contributed by atoms with E-state index in [9.17, 15) is 14.2 Å². The summed E-state index contributed by atoms with van der Waals surface area (Å²) in [5, 5.41) is 0.0497. The van der Waals surface area contributed by atoms with Crippen molar-refractivity contribution >= 4 is 23.5 Å². The van der Waals surface area contributed by atoms with Crippen LogP contribution in [0.5, 0.6) is 34.5 Å². The largest absolute Gasteiger partial charge is 0.496 e. The second kappa shape index (κ2) is 11.2. The fourth-order valence-corrected chi connectivity index (χ4v) is 5.97. The molecule has 0 radical (unpaired) electrons. The van der Waals surface area contributed by atoms with E-state index >= 15 is 0 Å². The topological polar surface area (TPSA) is 107 Å². The highest BCUT2D eigenvalue weighted by molar-refractivity contribution is 8.01. The molecule has 3 aromatic carbocycles. The molecule has 0 amide bonds. The Hall–Kier alpha value is -3.97. The van der Waals surface area contributed by atoms with Crippen LogP contribution in [0, 0.1) is 0 Å². The van der Waals surface area contributed by atoms with Crippen LogP contribution in [0.2, 0.25) is 0 Å². The lowest BCUT2D eigenvalue weighted by atomic mass is 10.2. The molecule has 0 unspecified atom stereocenters. The molecule has 0 aromatic heterocycles. The third kappa shape index (κ3) is 4.62. The summed E-state index contributed by atoms with van der Waals surface area (Å²) in [5.74, 6) is 1.15. The van der Waals surface area contributed by atoms with Gasteiger partial charge in [-0.3, -0.25) is 9.59 Å². The summed E-state index contributed by atoms with van der Waals surface area (Å²) in [5.41, 5.74) is -2.08. The Morgan fingerprint density at radius 2 is 0.861 bits per heavy atom. The molecule has 0 aliphatic carbocycles. The van der Waals surface area contributed by atoms with E-state index in [4.69, 9.17) is 28.4 Å². The van der Waals surface area contributed by atoms with Gasteiger partial charge in [-0.25, -0.2) is 0 Å². The van der Waals surface area contributed by atoms with E-state index in [-0.39, 0.29) is 39.4 Å². The monoisotopic (exact) mass is 514 g/mol. The average Bonchev–Trinajstić information content (AvgIpc) is 2.94. The van der Waals surface area contributed by atoms with Crippen LogP contribution in [-0.4, -0.2) is 53.7 Å². The van der Waals surface area contributed by atoms with Crippen LogP contribution in [0.15, 0.2) is 54.6 Å². The van der Waals surface area contributed by atoms with Crippen LogP contribution < -0.4 is 33.7 Å². The summed E-state index contributed by atoms with van der Waals surface area (Å²) in [4.78, 5) is 28.1. The van der Waals surface area contributed by atoms with Gasteiger partial charge >= 0.3 is 0 Å². The number of carbonyl (C=O) groups is 2. The Balaban J connectivity index is 2.32. The molecule has 9 nitrogen and oxygen atoms in total. The summed E-state index contributed by atoms with van der Waals surface area (Å²) >= 11 is 0. The van der Waals surface area contributed by atoms with Crippen molar-refractivity contribution in [3.05, 3.63) is 65.7 Å². The number of methoxy groups -OCH3 is 6. The molecule has 36 heavy (non-hydrogen) atoms. The molecule has 3 rings (SSSR count). The maximum Gasteiger partial charge on any atom is 0.248 e. The van der Waals surface area contributed by atoms with E-state index in [0.29, 0.717) is 11.5 Å². The predicted octanol–water partition coefficient (Wildman–Crippen LogP) is 4.41. The fraction of sp³-hybridized carbons (Fsp3) is 0.231. The quantitative estimate of drug-likeness (QED) is 0.344. The van der Waals surface area contributed by atoms with Gasteiger partial charge in [-0.2, -0.15) is 0 Å². The molecule has 10 heteroatoms. The molecule has 0 fully saturated rings. The molecule has 0 bridgehead atoms. The van der Waals surface area contributed by atoms with Crippen molar-refractivity contribution in [1.82, 2.24) is 0 Å². The van der Waals surface area contributed by atoms with Gasteiger partial charge in [-0.15, -0.1) is 0 Å². The first-order chi connectivity index (χ1) is 17.3. The van der Waals surface area contributed by atoms with Crippen LogP contribution in [0.3, 0.4) is 0 Å². The summed E-state index contributed by atoms with van der Waals surface area (Å²) in [6.45, 7) is 0. The molecule has 0 atom stereocenters. The van der Waals surface area contributed by atoms with Crippen molar-refractivity contribution in [1.29, 1.82) is 0 Å². The van der Waals surface area contributed by atoms with Crippen molar-refractivity contribution < 1.29 is 42.6 Å². The third-order valence-electron chi connectivity index (χ3n) is 5.56. The minimum Gasteiger partial charge on any atom is -0.496 e. The minimum absolute atomic E-state index is 0.0497. The predicted molar refractivity (Wildman–Crippen MR) is 135 cm³/mol. The Bertz CT molecular complexity index is 1240. The maximum absolute atomic E-state index is 14.7. The molecule has 0 N–H and O–H groups in total. The van der Waals surface area contributed by atoms with Gasteiger partial charge in [-0.1, -0.05) is 30.3 Å². The van der Waals surface area contributed by atoms with Gasteiger partial charge in [0.25, 0.3) is 0 Å². The second-order valence-electron chi connectivity index (χ2n) is 7.37. The standard InChI is InChI=1S/C26H27O9P/c1-30-19-14-23(34-5)21(32-3)12-17(19)25(27)36(29,16-10-8-7-9-11-16)26(28)18-13-22(33-4)24(35-6)15-20(18)31-2/h7-15H,1-6H3. The number of benzene rings is 3. The van der Waals surface area contributed by atoms with Gasteiger partial charge in [0.2, 0.25) is 18.2 Å². The smallest absolute Gasteiger partial charge is 0.248 e. The van der Waals surface area contributed by atoms with Crippen LogP contribution in [0.25, 0.3) is 0 Å². The highest BCUT2D eigenvalue weighted by Gasteiger charge is 2.45. The summed E-state index contributed by atoms with van der Waals surface area (Å²) in [6, 6.07) is 13.4. The first kappa shape index (κ1) is 26.6. The molecule has 0 heterocycles. The SMILES string of the molecule is COc1cc(OC)c(C(=O)P(=O)(C(=O)c2cc(OC)c(OC)cc2OC)c2ccccc2)cc1OC. The van der Waals surface area contributed by atoms with Crippen molar-refractivity contribution in [2.75, 3.05) is 42.7 Å². The minimum atomic E-state index is -4.52. The second-order valence-corrected chi connectivity index (χ2v) is 9.92. The molecular weight excluding hydrogens is 487 g/mol. The number of rotatable bonds is 11. The van der Waals surface area contributed by atoms with Gasteiger partial charge in [0.05, 0.1) is 53.8 Å². The summed E-state index contributed by atoms with van der Waals surface area (Å²) in [7, 11) is 3.85. The van der Waals surface area contributed by atoms with Crippen LogP contribution in [0.4, 0.5) is 0 Å². The number of hydrogen-bond acceptors (Lipinski definition) is 9. The maximum atomic E-state index is 14.7. The zero-order valence-electron chi connectivity index (χ0n) is 20.8. The van der Waals surface area contributed by atoms with Gasteiger partial charge in [0, 0.05) is 17.4 Å². The highest BCUT2D eigenvalue weighted by Crippen LogP contribution is 2.55. The van der Waals surface area contributed by atoms with Gasteiger partial charge < -0.3 is 33.0 Å². The van der Waals surface area contributed by atoms with E-state index < -0.39 is 18.2 Å². The average molecular weight is 514 g/mol. The van der Waals surface area contributed by atoms with Gasteiger partial charge in [0.1, 0.15) is 11.5 Å². The summed E-state index contributed by atoms with van der Waals surface area (Å²) < 4.78 is 46.7. The van der Waals surface area contributed by atoms with E-state index in [2.05, 4.69) is 0 Å². The number of ether oxygens (including phenoxy) is 6. The lowest BCUT2D eigenvalue weighted by molar-refractivity contribution is 0.103. The first-order valence-corrected chi connectivity index (χ1v) is 12.4. The highest BCUT2D eigenvalue weighted by atomic mass is 31.2. The van der Waals surface area contributed by atoms with Crippen molar-refractivity contribution in [3.8, 4) is 34.5 Å². The van der Waals surface area contributed by atoms with E-state index in [1.807, 2.05) is 0 Å². The summed E-state index contributed by atoms with van der Waals surface area (Å²) in [6.07, 6.45) is 0. The molecule has 0 aliphatic rings. The molecule has 0 aliphatic heterocycles. The molecular formula is C26H27O9P. The molecule has 0 saturated carbocycles. The van der Waals surface area contributed by atoms with Crippen molar-refractivity contribution in [2.45, 2.75) is 0 Å². The van der Waals surface area contributed by atoms with Crippen LogP contribution in [0.1, 0.15) is 20.7 Å². The van der Waals surface area contributed by atoms with E-state index in [1.165, 1.54) is 79.1 Å². The molecule has 3 aromatic rings. The zero-order chi connectivity index (χ0) is 26.5. The van der Waals surface area contributed by atoms with Crippen LogP contribution >= 0.6 is 7.14 Å². The van der Waals surface area contributed by atoms with Crippen LogP contribution in [-0.2, 0) is 4.57 Å². The Morgan fingerprint density at radius 1 is 0.528 bits per heavy atom. The van der Waals surface area contributed by atoms with Crippen molar-refractivity contribution in [2.24, 2.45) is 0 Å².